The van der Waals surface area contributed by atoms with Gasteiger partial charge in [-0.25, -0.2) is 0 Å². The average molecular weight is 279 g/mol. The fourth-order valence-corrected chi connectivity index (χ4v) is 1.47. The standard InChI is InChI=1S/C10H15N3.ClH.Zn/c1-3-13(4-2)10-7-5-9(12-11)6-8-10;;/h5-8,10H,3-4H2,1-2H3;1H;. The van der Waals surface area contributed by atoms with Crippen LogP contribution in [0.2, 0.25) is 0 Å². The molecule has 0 saturated carbocycles. The molecular formula is C10H16ClN3Zn. The number of allylic oxidation sites excluding steroid dienone is 2. The summed E-state index contributed by atoms with van der Waals surface area (Å²) in [6, 6.07) is 0.348. The summed E-state index contributed by atoms with van der Waals surface area (Å²) in [5.74, 6) is 0. The number of hydrogen-bond acceptors (Lipinski definition) is 1. The Kier molecular flexibility index (Phi) is 10.3. The topological polar surface area (TPSA) is 39.6 Å². The molecule has 3 nitrogen and oxygen atoms in total. The van der Waals surface area contributed by atoms with E-state index in [2.05, 4.69) is 23.5 Å². The molecule has 0 aromatic heterocycles. The minimum absolute atomic E-state index is 0. The van der Waals surface area contributed by atoms with Crippen LogP contribution < -0.4 is 0 Å². The van der Waals surface area contributed by atoms with E-state index in [0.29, 0.717) is 11.8 Å². The second kappa shape index (κ2) is 9.00. The van der Waals surface area contributed by atoms with Crippen molar-refractivity contribution in [3.8, 4) is 0 Å². The average Bonchev–Trinajstić information content (AvgIpc) is 2.21. The van der Waals surface area contributed by atoms with E-state index in [1.54, 1.807) is 0 Å². The molecule has 0 aromatic rings. The Hall–Kier alpha value is -0.267. The summed E-state index contributed by atoms with van der Waals surface area (Å²) in [5, 5.41) is 0. The number of likely N-dealkylation sites (N-methyl/N-ethyl adjacent to an activating group) is 1. The molecular weight excluding hydrogens is 263 g/mol. The fraction of sp³-hybridized carbons (Fsp3) is 0.500. The zero-order valence-electron chi connectivity index (χ0n) is 9.26. The maximum atomic E-state index is 8.50. The molecule has 1 aliphatic rings. The zero-order chi connectivity index (χ0) is 9.68. The minimum Gasteiger partial charge on any atom is -0.361 e. The first kappa shape index (κ1) is 17.1. The second-order valence-corrected chi connectivity index (χ2v) is 2.95. The predicted octanol–water partition coefficient (Wildman–Crippen LogP) is 1.91. The van der Waals surface area contributed by atoms with Gasteiger partial charge in [0, 0.05) is 37.7 Å². The van der Waals surface area contributed by atoms with Gasteiger partial charge in [0.25, 0.3) is 0 Å². The quantitative estimate of drug-likeness (QED) is 0.442. The van der Waals surface area contributed by atoms with Gasteiger partial charge in [-0.05, 0) is 13.1 Å². The van der Waals surface area contributed by atoms with Crippen molar-refractivity contribution in [2.45, 2.75) is 19.9 Å². The third-order valence-corrected chi connectivity index (χ3v) is 2.28. The Morgan fingerprint density at radius 2 is 1.73 bits per heavy atom. The summed E-state index contributed by atoms with van der Waals surface area (Å²) < 4.78 is 0. The molecule has 5 heteroatoms. The third kappa shape index (κ3) is 4.86. The SMILES string of the molecule is CCN(CC)C1C=CC(=[N+]=[N-])C=C1.Cl.[Zn]. The van der Waals surface area contributed by atoms with Gasteiger partial charge < -0.3 is 5.53 Å². The van der Waals surface area contributed by atoms with Gasteiger partial charge in [-0.3, -0.25) is 4.90 Å². The van der Waals surface area contributed by atoms with E-state index in [1.165, 1.54) is 0 Å². The van der Waals surface area contributed by atoms with E-state index in [0.717, 1.165) is 13.1 Å². The number of hydrogen-bond donors (Lipinski definition) is 0. The van der Waals surface area contributed by atoms with Crippen molar-refractivity contribution >= 4 is 18.1 Å². The maximum Gasteiger partial charge on any atom is 0.314 e. The fourth-order valence-electron chi connectivity index (χ4n) is 1.47. The summed E-state index contributed by atoms with van der Waals surface area (Å²) in [5.41, 5.74) is 9.12. The minimum atomic E-state index is 0. The Morgan fingerprint density at radius 1 is 1.27 bits per heavy atom. The van der Waals surface area contributed by atoms with Crippen LogP contribution in [-0.4, -0.2) is 34.5 Å². The number of nitrogens with zero attached hydrogens (tertiary/aromatic N) is 3. The van der Waals surface area contributed by atoms with Crippen molar-refractivity contribution in [3.05, 3.63) is 29.8 Å². The summed E-state index contributed by atoms with van der Waals surface area (Å²) in [4.78, 5) is 5.44. The second-order valence-electron chi connectivity index (χ2n) is 2.95. The Morgan fingerprint density at radius 3 is 2.07 bits per heavy atom. The van der Waals surface area contributed by atoms with Gasteiger partial charge in [0.15, 0.2) is 0 Å². The molecule has 0 radical (unpaired) electrons. The molecule has 0 saturated heterocycles. The van der Waals surface area contributed by atoms with Gasteiger partial charge in [0.2, 0.25) is 0 Å². The first-order valence-electron chi connectivity index (χ1n) is 4.64. The van der Waals surface area contributed by atoms with Crippen LogP contribution in [0.1, 0.15) is 13.8 Å². The van der Waals surface area contributed by atoms with Crippen LogP contribution in [0.4, 0.5) is 0 Å². The van der Waals surface area contributed by atoms with Gasteiger partial charge >= 0.3 is 5.71 Å². The molecule has 1 rings (SSSR count). The molecule has 0 heterocycles. The van der Waals surface area contributed by atoms with Crippen LogP contribution in [0.5, 0.6) is 0 Å². The van der Waals surface area contributed by atoms with Gasteiger partial charge in [0.05, 0.1) is 0 Å². The van der Waals surface area contributed by atoms with Crippen molar-refractivity contribution < 1.29 is 24.3 Å². The molecule has 15 heavy (non-hydrogen) atoms. The largest absolute Gasteiger partial charge is 0.361 e. The van der Waals surface area contributed by atoms with Gasteiger partial charge in [-0.2, -0.15) is 4.79 Å². The molecule has 80 valence electrons. The van der Waals surface area contributed by atoms with E-state index in [-0.39, 0.29) is 31.9 Å². The number of halogens is 1. The Labute approximate surface area is 110 Å². The molecule has 0 aliphatic heterocycles. The first-order chi connectivity index (χ1) is 6.31. The summed E-state index contributed by atoms with van der Waals surface area (Å²) in [6.07, 6.45) is 7.76. The van der Waals surface area contributed by atoms with E-state index < -0.39 is 0 Å². The summed E-state index contributed by atoms with van der Waals surface area (Å²) in [7, 11) is 0. The van der Waals surface area contributed by atoms with Gasteiger partial charge in [0.1, 0.15) is 0 Å². The van der Waals surface area contributed by atoms with Gasteiger partial charge in [-0.15, -0.1) is 12.4 Å². The molecule has 0 spiro atoms. The maximum absolute atomic E-state index is 8.50. The number of rotatable bonds is 3. The van der Waals surface area contributed by atoms with Crippen LogP contribution in [0.25, 0.3) is 5.53 Å². The summed E-state index contributed by atoms with van der Waals surface area (Å²) in [6.45, 7) is 6.34. The van der Waals surface area contributed by atoms with E-state index in [9.17, 15) is 0 Å². The van der Waals surface area contributed by atoms with Crippen LogP contribution in [0, 0.1) is 0 Å². The van der Waals surface area contributed by atoms with Crippen molar-refractivity contribution in [1.82, 2.24) is 4.90 Å². The Bertz CT molecular complexity index is 262. The van der Waals surface area contributed by atoms with Crippen molar-refractivity contribution in [3.63, 3.8) is 0 Å². The van der Waals surface area contributed by atoms with Crippen LogP contribution in [0.15, 0.2) is 24.3 Å². The Balaban J connectivity index is 0. The van der Waals surface area contributed by atoms with Crippen molar-refractivity contribution in [2.75, 3.05) is 13.1 Å². The molecule has 0 fully saturated rings. The zero-order valence-corrected chi connectivity index (χ0v) is 13.0. The molecule has 0 N–H and O–H groups in total. The first-order valence-corrected chi connectivity index (χ1v) is 4.64. The van der Waals surface area contributed by atoms with Crippen LogP contribution >= 0.6 is 12.4 Å². The van der Waals surface area contributed by atoms with Crippen LogP contribution in [0.3, 0.4) is 0 Å². The van der Waals surface area contributed by atoms with E-state index in [4.69, 9.17) is 5.53 Å². The van der Waals surface area contributed by atoms with Crippen molar-refractivity contribution in [1.29, 1.82) is 0 Å². The normalized spacial score (nSPS) is 18.1. The van der Waals surface area contributed by atoms with E-state index in [1.807, 2.05) is 24.3 Å². The molecule has 1 aliphatic carbocycles. The monoisotopic (exact) mass is 277 g/mol. The molecule has 0 amide bonds. The third-order valence-electron chi connectivity index (χ3n) is 2.28. The molecule has 0 bridgehead atoms. The molecule has 0 aromatic carbocycles. The molecule has 0 atom stereocenters. The predicted molar refractivity (Wildman–Crippen MR) is 60.9 cm³/mol. The molecule has 0 unspecified atom stereocenters. The van der Waals surface area contributed by atoms with Crippen molar-refractivity contribution in [2.24, 2.45) is 0 Å². The summed E-state index contributed by atoms with van der Waals surface area (Å²) >= 11 is 0. The van der Waals surface area contributed by atoms with Crippen LogP contribution in [-0.2, 0) is 19.5 Å². The van der Waals surface area contributed by atoms with Gasteiger partial charge in [-0.1, -0.05) is 26.0 Å². The van der Waals surface area contributed by atoms with E-state index >= 15 is 0 Å². The smallest absolute Gasteiger partial charge is 0.314 e.